The van der Waals surface area contributed by atoms with E-state index >= 15 is 0 Å². The van der Waals surface area contributed by atoms with Crippen molar-refractivity contribution in [2.24, 2.45) is 0 Å². The van der Waals surface area contributed by atoms with Crippen molar-refractivity contribution in [3.05, 3.63) is 22.4 Å². The highest BCUT2D eigenvalue weighted by Gasteiger charge is 2.12. The fraction of sp³-hybridized carbons (Fsp3) is 0.500. The molecule has 1 radical (unpaired) electrons. The van der Waals surface area contributed by atoms with Crippen molar-refractivity contribution >= 4 is 11.3 Å². The second kappa shape index (κ2) is 2.14. The van der Waals surface area contributed by atoms with Gasteiger partial charge >= 0.3 is 0 Å². The van der Waals surface area contributed by atoms with Crippen LogP contribution in [0.1, 0.15) is 26.3 Å². The molecule has 0 bridgehead atoms. The standard InChI is InChI=1S/C8H11S/c1-8(2,3)7-4-5-9-6-7/h4,6H,1-3H3. The summed E-state index contributed by atoms with van der Waals surface area (Å²) in [7, 11) is 0. The van der Waals surface area contributed by atoms with Crippen LogP contribution in [0.4, 0.5) is 0 Å². The molecule has 9 heavy (non-hydrogen) atoms. The molecular formula is C8H11S. The fourth-order valence-corrected chi connectivity index (χ4v) is 1.43. The van der Waals surface area contributed by atoms with Gasteiger partial charge in [0.05, 0.1) is 0 Å². The molecule has 0 saturated heterocycles. The lowest BCUT2D eigenvalue weighted by Crippen LogP contribution is -2.08. The summed E-state index contributed by atoms with van der Waals surface area (Å²) in [5.74, 6) is 0. The first-order chi connectivity index (χ1) is 4.11. The van der Waals surface area contributed by atoms with Gasteiger partial charge in [-0.1, -0.05) is 20.8 Å². The fourth-order valence-electron chi connectivity index (χ4n) is 0.622. The molecule has 0 fully saturated rings. The largest absolute Gasteiger partial charge is 0.143 e. The summed E-state index contributed by atoms with van der Waals surface area (Å²) < 4.78 is 0. The van der Waals surface area contributed by atoms with Gasteiger partial charge in [-0.05, 0) is 22.4 Å². The van der Waals surface area contributed by atoms with Gasteiger partial charge in [-0.15, -0.1) is 11.3 Å². The first-order valence-corrected chi connectivity index (χ1v) is 3.94. The molecule has 0 nitrogen and oxygen atoms in total. The van der Waals surface area contributed by atoms with Gasteiger partial charge in [-0.2, -0.15) is 0 Å². The second-order valence-corrected chi connectivity index (χ2v) is 3.91. The van der Waals surface area contributed by atoms with E-state index in [-0.39, 0.29) is 0 Å². The molecule has 0 N–H and O–H groups in total. The summed E-state index contributed by atoms with van der Waals surface area (Å²) in [6.45, 7) is 6.63. The van der Waals surface area contributed by atoms with E-state index < -0.39 is 0 Å². The van der Waals surface area contributed by atoms with Crippen LogP contribution in [0, 0.1) is 5.38 Å². The summed E-state index contributed by atoms with van der Waals surface area (Å²) in [4.78, 5) is 0. The summed E-state index contributed by atoms with van der Waals surface area (Å²) in [5.41, 5.74) is 1.68. The topological polar surface area (TPSA) is 0 Å². The van der Waals surface area contributed by atoms with Gasteiger partial charge in [0.1, 0.15) is 0 Å². The summed E-state index contributed by atoms with van der Waals surface area (Å²) in [6.07, 6.45) is 0. The van der Waals surface area contributed by atoms with Gasteiger partial charge in [0.25, 0.3) is 0 Å². The van der Waals surface area contributed by atoms with Crippen molar-refractivity contribution in [1.29, 1.82) is 0 Å². The third-order valence-corrected chi connectivity index (χ3v) is 1.96. The van der Waals surface area contributed by atoms with Crippen LogP contribution in [-0.2, 0) is 5.41 Å². The van der Waals surface area contributed by atoms with E-state index in [1.807, 2.05) is 0 Å². The van der Waals surface area contributed by atoms with Crippen LogP contribution in [0.15, 0.2) is 11.4 Å². The maximum Gasteiger partial charge on any atom is 0.0445 e. The van der Waals surface area contributed by atoms with E-state index in [0.29, 0.717) is 5.41 Å². The molecule has 49 valence electrons. The Morgan fingerprint density at radius 1 is 1.44 bits per heavy atom. The quantitative estimate of drug-likeness (QED) is 0.518. The van der Waals surface area contributed by atoms with Gasteiger partial charge in [0, 0.05) is 5.38 Å². The highest BCUT2D eigenvalue weighted by Crippen LogP contribution is 2.23. The minimum Gasteiger partial charge on any atom is -0.143 e. The van der Waals surface area contributed by atoms with Crippen LogP contribution in [0.25, 0.3) is 0 Å². The lowest BCUT2D eigenvalue weighted by Gasteiger charge is -2.15. The smallest absolute Gasteiger partial charge is 0.0445 e. The molecule has 1 rings (SSSR count). The molecule has 0 aliphatic rings. The van der Waals surface area contributed by atoms with Gasteiger partial charge in [-0.3, -0.25) is 0 Å². The first-order valence-electron chi connectivity index (χ1n) is 3.06. The van der Waals surface area contributed by atoms with Crippen LogP contribution in [0.3, 0.4) is 0 Å². The average molecular weight is 139 g/mol. The predicted octanol–water partition coefficient (Wildman–Crippen LogP) is 2.85. The highest BCUT2D eigenvalue weighted by molar-refractivity contribution is 7.07. The van der Waals surface area contributed by atoms with Gasteiger partial charge in [-0.25, -0.2) is 0 Å². The first kappa shape index (κ1) is 6.81. The SMILES string of the molecule is CC(C)(C)c1c[c]sc1. The number of thiophene rings is 1. The van der Waals surface area contributed by atoms with E-state index in [2.05, 4.69) is 37.6 Å². The average Bonchev–Trinajstić information content (AvgIpc) is 2.08. The maximum absolute atomic E-state index is 3.08. The van der Waals surface area contributed by atoms with Crippen molar-refractivity contribution in [1.82, 2.24) is 0 Å². The minimum absolute atomic E-state index is 0.302. The molecule has 1 heterocycles. The third kappa shape index (κ3) is 1.55. The van der Waals surface area contributed by atoms with Crippen molar-refractivity contribution in [2.45, 2.75) is 26.2 Å². The Bertz CT molecular complexity index is 167. The lowest BCUT2D eigenvalue weighted by molar-refractivity contribution is 0.593. The van der Waals surface area contributed by atoms with E-state index in [4.69, 9.17) is 0 Å². The molecule has 0 amide bonds. The Morgan fingerprint density at radius 3 is 2.33 bits per heavy atom. The van der Waals surface area contributed by atoms with E-state index in [1.54, 1.807) is 11.3 Å². The third-order valence-electron chi connectivity index (χ3n) is 1.33. The molecule has 1 aromatic rings. The van der Waals surface area contributed by atoms with Crippen molar-refractivity contribution < 1.29 is 0 Å². The molecule has 0 spiro atoms. The summed E-state index contributed by atoms with van der Waals surface area (Å²) in [6, 6.07) is 2.06. The minimum atomic E-state index is 0.302. The Labute approximate surface area is 60.5 Å². The number of hydrogen-bond acceptors (Lipinski definition) is 1. The zero-order chi connectivity index (χ0) is 6.91. The molecule has 1 aromatic heterocycles. The molecule has 1 heteroatoms. The van der Waals surface area contributed by atoms with Crippen LogP contribution < -0.4 is 0 Å². The van der Waals surface area contributed by atoms with Gasteiger partial charge in [0.2, 0.25) is 0 Å². The van der Waals surface area contributed by atoms with Gasteiger partial charge in [0.15, 0.2) is 0 Å². The zero-order valence-corrected chi connectivity index (χ0v) is 6.88. The van der Waals surface area contributed by atoms with Crippen LogP contribution in [-0.4, -0.2) is 0 Å². The Balaban J connectivity index is 2.90. The molecular weight excluding hydrogens is 128 g/mol. The van der Waals surface area contributed by atoms with Crippen LogP contribution in [0.5, 0.6) is 0 Å². The molecule has 0 unspecified atom stereocenters. The molecule has 0 saturated carbocycles. The molecule has 0 aromatic carbocycles. The molecule has 0 aliphatic carbocycles. The monoisotopic (exact) mass is 139 g/mol. The maximum atomic E-state index is 3.08. The highest BCUT2D eigenvalue weighted by atomic mass is 32.1. The Hall–Kier alpha value is -0.300. The predicted molar refractivity (Wildman–Crippen MR) is 41.9 cm³/mol. The van der Waals surface area contributed by atoms with Crippen molar-refractivity contribution in [3.8, 4) is 0 Å². The normalized spacial score (nSPS) is 11.9. The van der Waals surface area contributed by atoms with E-state index in [0.717, 1.165) is 0 Å². The number of hydrogen-bond donors (Lipinski definition) is 0. The van der Waals surface area contributed by atoms with Crippen LogP contribution >= 0.6 is 11.3 Å². The van der Waals surface area contributed by atoms with Crippen LogP contribution in [0.2, 0.25) is 0 Å². The molecule has 0 atom stereocenters. The number of rotatable bonds is 0. The Morgan fingerprint density at radius 2 is 2.11 bits per heavy atom. The van der Waals surface area contributed by atoms with E-state index in [9.17, 15) is 0 Å². The Kier molecular flexibility index (Phi) is 1.62. The van der Waals surface area contributed by atoms with Gasteiger partial charge < -0.3 is 0 Å². The zero-order valence-electron chi connectivity index (χ0n) is 6.06. The second-order valence-electron chi connectivity index (χ2n) is 3.20. The lowest BCUT2D eigenvalue weighted by atomic mass is 9.90. The summed E-state index contributed by atoms with van der Waals surface area (Å²) in [5, 5.41) is 5.23. The molecule has 0 aliphatic heterocycles. The van der Waals surface area contributed by atoms with Crippen molar-refractivity contribution in [3.63, 3.8) is 0 Å². The van der Waals surface area contributed by atoms with E-state index in [1.165, 1.54) is 5.56 Å². The summed E-state index contributed by atoms with van der Waals surface area (Å²) >= 11 is 1.64. The van der Waals surface area contributed by atoms with Crippen molar-refractivity contribution in [2.75, 3.05) is 0 Å².